The molecule has 0 aliphatic heterocycles. The van der Waals surface area contributed by atoms with Gasteiger partial charge in [-0.1, -0.05) is 6.07 Å². The van der Waals surface area contributed by atoms with E-state index in [1.54, 1.807) is 12.1 Å². The summed E-state index contributed by atoms with van der Waals surface area (Å²) in [7, 11) is 0. The van der Waals surface area contributed by atoms with Gasteiger partial charge >= 0.3 is 0 Å². The van der Waals surface area contributed by atoms with E-state index in [-0.39, 0.29) is 0 Å². The maximum atomic E-state index is 13.6. The normalized spacial score (nSPS) is 10.4. The summed E-state index contributed by atoms with van der Waals surface area (Å²) in [6.45, 7) is 3.72. The Balaban J connectivity index is 2.33. The summed E-state index contributed by atoms with van der Waals surface area (Å²) in [6.07, 6.45) is 0. The fourth-order valence-corrected chi connectivity index (χ4v) is 2.03. The van der Waals surface area contributed by atoms with Crippen LogP contribution in [0.25, 0.3) is 0 Å². The number of hydrogen-bond donors (Lipinski definition) is 2. The number of phenols is 1. The van der Waals surface area contributed by atoms with Gasteiger partial charge in [0, 0.05) is 17.8 Å². The van der Waals surface area contributed by atoms with Crippen molar-refractivity contribution in [3.8, 4) is 5.75 Å². The Kier molecular flexibility index (Phi) is 3.70. The van der Waals surface area contributed by atoms with E-state index in [0.29, 0.717) is 17.8 Å². The summed E-state index contributed by atoms with van der Waals surface area (Å²) in [5, 5.41) is 12.0. The molecule has 20 heavy (non-hydrogen) atoms. The quantitative estimate of drug-likeness (QED) is 0.882. The van der Waals surface area contributed by atoms with Crippen molar-refractivity contribution in [2.75, 3.05) is 5.32 Å². The lowest BCUT2D eigenvalue weighted by Crippen LogP contribution is -2.14. The fourth-order valence-electron chi connectivity index (χ4n) is 2.03. The fraction of sp³-hybridized carbons (Fsp3) is 0.133. The molecule has 0 aliphatic carbocycles. The lowest BCUT2D eigenvalue weighted by molar-refractivity contribution is 0.102. The third kappa shape index (κ3) is 2.93. The Labute approximate surface area is 114 Å². The Bertz CT molecular complexity index is 640. The summed E-state index contributed by atoms with van der Waals surface area (Å²) in [6, 6.07) is 6.59. The first-order valence-electron chi connectivity index (χ1n) is 5.94. The molecule has 0 radical (unpaired) electrons. The highest BCUT2D eigenvalue weighted by atomic mass is 19.1. The second-order valence-electron chi connectivity index (χ2n) is 4.61. The molecule has 104 valence electrons. The Morgan fingerprint density at radius 1 is 1.05 bits per heavy atom. The smallest absolute Gasteiger partial charge is 0.262 e. The first kappa shape index (κ1) is 14.0. The van der Waals surface area contributed by atoms with Gasteiger partial charge in [-0.05, 0) is 37.1 Å². The Morgan fingerprint density at radius 3 is 2.20 bits per heavy atom. The maximum Gasteiger partial charge on any atom is 0.262 e. The molecule has 2 N–H and O–H groups in total. The van der Waals surface area contributed by atoms with Crippen LogP contribution in [-0.4, -0.2) is 11.0 Å². The van der Waals surface area contributed by atoms with E-state index in [1.165, 1.54) is 0 Å². The average Bonchev–Trinajstić information content (AvgIpc) is 2.25. The molecule has 0 unspecified atom stereocenters. The number of benzene rings is 2. The molecule has 0 bridgehead atoms. The van der Waals surface area contributed by atoms with E-state index in [0.717, 1.165) is 11.1 Å². The van der Waals surface area contributed by atoms with Crippen molar-refractivity contribution in [1.29, 1.82) is 0 Å². The highest BCUT2D eigenvalue weighted by Gasteiger charge is 2.18. The zero-order valence-corrected chi connectivity index (χ0v) is 11.0. The minimum Gasteiger partial charge on any atom is -0.507 e. The van der Waals surface area contributed by atoms with Crippen LogP contribution in [0.2, 0.25) is 0 Å². The summed E-state index contributed by atoms with van der Waals surface area (Å²) in [5.74, 6) is -3.61. The van der Waals surface area contributed by atoms with Gasteiger partial charge < -0.3 is 10.4 Å². The highest BCUT2D eigenvalue weighted by molar-refractivity contribution is 6.06. The summed E-state index contributed by atoms with van der Waals surface area (Å²) < 4.78 is 26.4. The number of nitrogens with one attached hydrogen (secondary N) is 1. The lowest BCUT2D eigenvalue weighted by atomic mass is 10.1. The number of aryl methyl sites for hydroxylation is 2. The minimum absolute atomic E-state index is 0.482. The third-order valence-electron chi connectivity index (χ3n) is 2.74. The van der Waals surface area contributed by atoms with Gasteiger partial charge in [-0.15, -0.1) is 0 Å². The minimum atomic E-state index is -1.11. The highest BCUT2D eigenvalue weighted by Crippen LogP contribution is 2.23. The number of halogens is 2. The van der Waals surface area contributed by atoms with Gasteiger partial charge in [-0.25, -0.2) is 8.78 Å². The van der Waals surface area contributed by atoms with Gasteiger partial charge in [-0.3, -0.25) is 4.79 Å². The second-order valence-corrected chi connectivity index (χ2v) is 4.61. The van der Waals surface area contributed by atoms with Crippen LogP contribution in [0.1, 0.15) is 21.5 Å². The summed E-state index contributed by atoms with van der Waals surface area (Å²) in [5.41, 5.74) is 1.77. The van der Waals surface area contributed by atoms with Gasteiger partial charge in [0.05, 0.1) is 0 Å². The van der Waals surface area contributed by atoms with Crippen molar-refractivity contribution < 1.29 is 18.7 Å². The predicted molar refractivity (Wildman–Crippen MR) is 71.9 cm³/mol. The number of carbonyl (C=O) groups excluding carboxylic acids is 1. The summed E-state index contributed by atoms with van der Waals surface area (Å²) >= 11 is 0. The lowest BCUT2D eigenvalue weighted by Gasteiger charge is -2.09. The molecule has 0 aliphatic rings. The number of amides is 1. The van der Waals surface area contributed by atoms with Crippen molar-refractivity contribution in [2.24, 2.45) is 0 Å². The van der Waals surface area contributed by atoms with E-state index in [9.17, 15) is 18.7 Å². The van der Waals surface area contributed by atoms with Crippen LogP contribution in [0.3, 0.4) is 0 Å². The van der Waals surface area contributed by atoms with Crippen LogP contribution in [0.15, 0.2) is 30.3 Å². The second kappa shape index (κ2) is 5.28. The monoisotopic (exact) mass is 277 g/mol. The number of carbonyl (C=O) groups is 1. The molecule has 0 saturated carbocycles. The zero-order chi connectivity index (χ0) is 14.9. The van der Waals surface area contributed by atoms with E-state index < -0.39 is 28.9 Å². The molecule has 2 rings (SSSR count). The third-order valence-corrected chi connectivity index (χ3v) is 2.74. The standard InChI is InChI=1S/C15H13F2NO2/c1-8-3-9(2)5-11(4-8)18-15(20)14-12(17)6-10(16)7-13(14)19/h3-7,19H,1-2H3,(H,18,20). The first-order chi connectivity index (χ1) is 9.36. The molecule has 0 fully saturated rings. The van der Waals surface area contributed by atoms with Crippen molar-refractivity contribution in [1.82, 2.24) is 0 Å². The molecular weight excluding hydrogens is 264 g/mol. The van der Waals surface area contributed by atoms with E-state index in [2.05, 4.69) is 5.32 Å². The van der Waals surface area contributed by atoms with Crippen LogP contribution in [0, 0.1) is 25.5 Å². The SMILES string of the molecule is Cc1cc(C)cc(NC(=O)c2c(O)cc(F)cc2F)c1. The number of hydrogen-bond acceptors (Lipinski definition) is 2. The molecular formula is C15H13F2NO2. The van der Waals surface area contributed by atoms with Crippen molar-refractivity contribution >= 4 is 11.6 Å². The van der Waals surface area contributed by atoms with Gasteiger partial charge in [0.2, 0.25) is 0 Å². The number of rotatable bonds is 2. The maximum absolute atomic E-state index is 13.6. The first-order valence-corrected chi connectivity index (χ1v) is 5.94. The number of phenolic OH excluding ortho intramolecular Hbond substituents is 1. The van der Waals surface area contributed by atoms with Crippen molar-refractivity contribution in [3.05, 3.63) is 58.7 Å². The molecule has 1 amide bonds. The van der Waals surface area contributed by atoms with Crippen molar-refractivity contribution in [2.45, 2.75) is 13.8 Å². The average molecular weight is 277 g/mol. The van der Waals surface area contributed by atoms with Gasteiger partial charge in [0.25, 0.3) is 5.91 Å². The molecule has 0 saturated heterocycles. The van der Waals surface area contributed by atoms with E-state index >= 15 is 0 Å². The molecule has 3 nitrogen and oxygen atoms in total. The van der Waals surface area contributed by atoms with E-state index in [4.69, 9.17) is 0 Å². The van der Waals surface area contributed by atoms with Crippen LogP contribution < -0.4 is 5.32 Å². The Morgan fingerprint density at radius 2 is 1.65 bits per heavy atom. The van der Waals surface area contributed by atoms with Crippen LogP contribution in [0.5, 0.6) is 5.75 Å². The number of anilines is 1. The van der Waals surface area contributed by atoms with E-state index in [1.807, 2.05) is 19.9 Å². The Hall–Kier alpha value is -2.43. The number of aromatic hydroxyl groups is 1. The molecule has 0 aromatic heterocycles. The molecule has 0 heterocycles. The summed E-state index contributed by atoms with van der Waals surface area (Å²) in [4.78, 5) is 12.0. The van der Waals surface area contributed by atoms with Gasteiger partial charge in [-0.2, -0.15) is 0 Å². The molecule has 2 aromatic carbocycles. The largest absolute Gasteiger partial charge is 0.507 e. The molecule has 5 heteroatoms. The van der Waals surface area contributed by atoms with Gasteiger partial charge in [0.1, 0.15) is 22.9 Å². The van der Waals surface area contributed by atoms with Crippen molar-refractivity contribution in [3.63, 3.8) is 0 Å². The molecule has 0 spiro atoms. The topological polar surface area (TPSA) is 49.3 Å². The van der Waals surface area contributed by atoms with Crippen LogP contribution in [0.4, 0.5) is 14.5 Å². The predicted octanol–water partition coefficient (Wildman–Crippen LogP) is 3.54. The zero-order valence-electron chi connectivity index (χ0n) is 11.0. The van der Waals surface area contributed by atoms with Crippen LogP contribution in [-0.2, 0) is 0 Å². The van der Waals surface area contributed by atoms with Gasteiger partial charge in [0.15, 0.2) is 0 Å². The molecule has 2 aromatic rings. The molecule has 0 atom stereocenters. The van der Waals surface area contributed by atoms with Crippen LogP contribution >= 0.6 is 0 Å².